The first-order valence-corrected chi connectivity index (χ1v) is 12.0. The molecule has 0 unspecified atom stereocenters. The van der Waals surface area contributed by atoms with Crippen molar-refractivity contribution in [3.8, 4) is 22.8 Å². The molecular formula is C27H38N4O2. The van der Waals surface area contributed by atoms with E-state index in [2.05, 4.69) is 65.2 Å². The van der Waals surface area contributed by atoms with E-state index in [4.69, 9.17) is 9.47 Å². The molecule has 0 bridgehead atoms. The second kappa shape index (κ2) is 12.9. The highest BCUT2D eigenvalue weighted by Crippen LogP contribution is 2.25. The van der Waals surface area contributed by atoms with Gasteiger partial charge in [0.15, 0.2) is 0 Å². The monoisotopic (exact) mass is 450 g/mol. The van der Waals surface area contributed by atoms with Gasteiger partial charge in [-0.1, -0.05) is 25.5 Å². The minimum Gasteiger partial charge on any atom is -0.497 e. The van der Waals surface area contributed by atoms with E-state index in [0.29, 0.717) is 6.61 Å². The summed E-state index contributed by atoms with van der Waals surface area (Å²) in [4.78, 5) is 4.74. The summed E-state index contributed by atoms with van der Waals surface area (Å²) in [6.45, 7) is 9.02. The number of aromatic nitrogens is 2. The van der Waals surface area contributed by atoms with Gasteiger partial charge in [-0.05, 0) is 69.8 Å². The van der Waals surface area contributed by atoms with Gasteiger partial charge >= 0.3 is 0 Å². The molecule has 1 aromatic heterocycles. The van der Waals surface area contributed by atoms with Crippen LogP contribution in [0.4, 0.5) is 5.69 Å². The Balaban J connectivity index is 1.53. The van der Waals surface area contributed by atoms with Crippen molar-refractivity contribution in [2.24, 2.45) is 0 Å². The van der Waals surface area contributed by atoms with Crippen LogP contribution in [0.1, 0.15) is 38.7 Å². The number of benzene rings is 2. The summed E-state index contributed by atoms with van der Waals surface area (Å²) in [5.74, 6) is 1.72. The standard InChI is InChI=1S/C27H38N4O2/c1-5-7-17-30(3)21-23-20-28-29-27(23)22-9-11-24(12-10-22)31(6-2)18-8-19-33-26-15-13-25(32-4)14-16-26/h9-16,20H,5-8,17-19,21H2,1-4H3,(H,28,29). The third-order valence-electron chi connectivity index (χ3n) is 5.85. The van der Waals surface area contributed by atoms with Gasteiger partial charge in [-0.3, -0.25) is 5.10 Å². The number of anilines is 1. The Morgan fingerprint density at radius 3 is 2.30 bits per heavy atom. The number of aromatic amines is 1. The highest BCUT2D eigenvalue weighted by atomic mass is 16.5. The van der Waals surface area contributed by atoms with Crippen LogP contribution < -0.4 is 14.4 Å². The van der Waals surface area contributed by atoms with Crippen molar-refractivity contribution >= 4 is 5.69 Å². The Bertz CT molecular complexity index is 938. The van der Waals surface area contributed by atoms with Gasteiger partial charge in [-0.25, -0.2) is 0 Å². The molecule has 0 atom stereocenters. The smallest absolute Gasteiger partial charge is 0.119 e. The summed E-state index contributed by atoms with van der Waals surface area (Å²) in [7, 11) is 3.84. The summed E-state index contributed by atoms with van der Waals surface area (Å²) in [5.41, 5.74) is 4.76. The zero-order valence-corrected chi connectivity index (χ0v) is 20.5. The lowest BCUT2D eigenvalue weighted by Crippen LogP contribution is -2.25. The van der Waals surface area contributed by atoms with Crippen LogP contribution in [0.15, 0.2) is 54.7 Å². The SMILES string of the molecule is CCCCN(C)Cc1cn[nH]c1-c1ccc(N(CC)CCCOc2ccc(OC)cc2)cc1. The molecule has 6 nitrogen and oxygen atoms in total. The molecule has 0 saturated heterocycles. The Morgan fingerprint density at radius 1 is 0.909 bits per heavy atom. The van der Waals surface area contributed by atoms with Crippen LogP contribution in [-0.2, 0) is 6.54 Å². The van der Waals surface area contributed by atoms with Crippen molar-refractivity contribution in [2.75, 3.05) is 45.3 Å². The summed E-state index contributed by atoms with van der Waals surface area (Å²) in [5, 5.41) is 7.50. The fourth-order valence-corrected chi connectivity index (χ4v) is 3.90. The van der Waals surface area contributed by atoms with E-state index in [1.807, 2.05) is 30.5 Å². The molecule has 3 aromatic rings. The van der Waals surface area contributed by atoms with Gasteiger partial charge in [0.05, 0.1) is 25.6 Å². The second-order valence-electron chi connectivity index (χ2n) is 8.37. The van der Waals surface area contributed by atoms with E-state index in [1.54, 1.807) is 7.11 Å². The van der Waals surface area contributed by atoms with Gasteiger partial charge in [-0.2, -0.15) is 5.10 Å². The zero-order valence-electron chi connectivity index (χ0n) is 20.5. The third-order valence-corrected chi connectivity index (χ3v) is 5.85. The number of nitrogens with one attached hydrogen (secondary N) is 1. The fraction of sp³-hybridized carbons (Fsp3) is 0.444. The summed E-state index contributed by atoms with van der Waals surface area (Å²) in [6.07, 6.45) is 5.34. The van der Waals surface area contributed by atoms with Gasteiger partial charge in [0, 0.05) is 36.4 Å². The molecule has 0 amide bonds. The first-order valence-electron chi connectivity index (χ1n) is 12.0. The Kier molecular flexibility index (Phi) is 9.63. The van der Waals surface area contributed by atoms with Gasteiger partial charge in [0.25, 0.3) is 0 Å². The van der Waals surface area contributed by atoms with Crippen LogP contribution in [0, 0.1) is 0 Å². The van der Waals surface area contributed by atoms with Crippen LogP contribution in [0.5, 0.6) is 11.5 Å². The molecule has 1 heterocycles. The number of hydrogen-bond donors (Lipinski definition) is 1. The highest BCUT2D eigenvalue weighted by Gasteiger charge is 2.11. The molecule has 2 aromatic carbocycles. The molecule has 33 heavy (non-hydrogen) atoms. The van der Waals surface area contributed by atoms with Gasteiger partial charge in [-0.15, -0.1) is 0 Å². The Hall–Kier alpha value is -2.99. The lowest BCUT2D eigenvalue weighted by Gasteiger charge is -2.23. The molecule has 0 aliphatic carbocycles. The predicted octanol–water partition coefficient (Wildman–Crippen LogP) is 5.61. The fourth-order valence-electron chi connectivity index (χ4n) is 3.90. The average Bonchev–Trinajstić information content (AvgIpc) is 3.31. The lowest BCUT2D eigenvalue weighted by atomic mass is 10.1. The zero-order chi connectivity index (χ0) is 23.5. The molecule has 178 valence electrons. The number of unbranched alkanes of at least 4 members (excludes halogenated alkanes) is 1. The normalized spacial score (nSPS) is 11.1. The van der Waals surface area contributed by atoms with Gasteiger partial charge in [0.1, 0.15) is 11.5 Å². The lowest BCUT2D eigenvalue weighted by molar-refractivity contribution is 0.311. The maximum absolute atomic E-state index is 5.88. The number of methoxy groups -OCH3 is 1. The minimum absolute atomic E-state index is 0.684. The molecule has 1 N–H and O–H groups in total. The predicted molar refractivity (Wildman–Crippen MR) is 136 cm³/mol. The molecule has 0 aliphatic heterocycles. The van der Waals surface area contributed by atoms with E-state index in [9.17, 15) is 0 Å². The van der Waals surface area contributed by atoms with Crippen molar-refractivity contribution in [3.05, 3.63) is 60.3 Å². The molecule has 0 fully saturated rings. The van der Waals surface area contributed by atoms with Crippen LogP contribution in [0.25, 0.3) is 11.3 Å². The van der Waals surface area contributed by atoms with Gasteiger partial charge in [0.2, 0.25) is 0 Å². The maximum atomic E-state index is 5.88. The topological polar surface area (TPSA) is 53.6 Å². The van der Waals surface area contributed by atoms with E-state index in [0.717, 1.165) is 49.8 Å². The Labute approximate surface area is 198 Å². The van der Waals surface area contributed by atoms with Crippen molar-refractivity contribution < 1.29 is 9.47 Å². The van der Waals surface area contributed by atoms with Crippen molar-refractivity contribution in [1.82, 2.24) is 15.1 Å². The van der Waals surface area contributed by atoms with E-state index in [-0.39, 0.29) is 0 Å². The van der Waals surface area contributed by atoms with E-state index < -0.39 is 0 Å². The van der Waals surface area contributed by atoms with Crippen LogP contribution >= 0.6 is 0 Å². The first-order chi connectivity index (χ1) is 16.1. The quantitative estimate of drug-likeness (QED) is 0.323. The van der Waals surface area contributed by atoms with Gasteiger partial charge < -0.3 is 19.3 Å². The molecule has 3 rings (SSSR count). The first kappa shape index (κ1) is 24.6. The van der Waals surface area contributed by atoms with Crippen LogP contribution in [-0.4, -0.2) is 55.5 Å². The van der Waals surface area contributed by atoms with Crippen molar-refractivity contribution in [1.29, 1.82) is 0 Å². The van der Waals surface area contributed by atoms with Crippen molar-refractivity contribution in [3.63, 3.8) is 0 Å². The molecule has 0 radical (unpaired) electrons. The number of rotatable bonds is 14. The highest BCUT2D eigenvalue weighted by molar-refractivity contribution is 5.65. The molecule has 6 heteroatoms. The second-order valence-corrected chi connectivity index (χ2v) is 8.37. The number of hydrogen-bond acceptors (Lipinski definition) is 5. The summed E-state index contributed by atoms with van der Waals surface area (Å²) in [6, 6.07) is 16.5. The summed E-state index contributed by atoms with van der Waals surface area (Å²) < 4.78 is 11.1. The van der Waals surface area contributed by atoms with Crippen molar-refractivity contribution in [2.45, 2.75) is 39.7 Å². The molecule has 0 aliphatic rings. The number of H-pyrrole nitrogens is 1. The molecular weight excluding hydrogens is 412 g/mol. The molecule has 0 spiro atoms. The number of nitrogens with zero attached hydrogens (tertiary/aromatic N) is 3. The summed E-state index contributed by atoms with van der Waals surface area (Å²) >= 11 is 0. The van der Waals surface area contributed by atoms with E-state index >= 15 is 0 Å². The number of ether oxygens (including phenoxy) is 2. The molecule has 0 saturated carbocycles. The van der Waals surface area contributed by atoms with Crippen LogP contribution in [0.2, 0.25) is 0 Å². The Morgan fingerprint density at radius 2 is 1.64 bits per heavy atom. The van der Waals surface area contributed by atoms with E-state index in [1.165, 1.54) is 29.7 Å². The maximum Gasteiger partial charge on any atom is 0.119 e. The van der Waals surface area contributed by atoms with Crippen LogP contribution in [0.3, 0.4) is 0 Å². The minimum atomic E-state index is 0.684. The average molecular weight is 451 g/mol. The third kappa shape index (κ3) is 7.26. The largest absolute Gasteiger partial charge is 0.497 e.